The molecule has 82 valence electrons. The largest absolute Gasteiger partial charge is 0.337 e. The molecule has 0 aromatic carbocycles. The second-order valence-corrected chi connectivity index (χ2v) is 4.65. The fraction of sp³-hybridized carbons (Fsp3) is 0.600. The van der Waals surface area contributed by atoms with Crippen LogP contribution in [0.4, 0.5) is 0 Å². The van der Waals surface area contributed by atoms with E-state index >= 15 is 0 Å². The Hall–Kier alpha value is -0.840. The fourth-order valence-corrected chi connectivity index (χ4v) is 2.60. The lowest BCUT2D eigenvalue weighted by atomic mass is 10.1. The van der Waals surface area contributed by atoms with Crippen molar-refractivity contribution in [3.05, 3.63) is 18.0 Å². The number of nitrogens with zero attached hydrogens (tertiary/aromatic N) is 2. The summed E-state index contributed by atoms with van der Waals surface area (Å²) in [5.74, 6) is 0.723. The first-order chi connectivity index (χ1) is 7.31. The minimum absolute atomic E-state index is 0.0737. The number of alkyl halides is 1. The molecule has 1 atom stereocenters. The van der Waals surface area contributed by atoms with Crippen molar-refractivity contribution in [2.24, 2.45) is 5.92 Å². The van der Waals surface area contributed by atoms with Gasteiger partial charge in [-0.15, -0.1) is 0 Å². The number of carbonyl (C=O) groups is 1. The van der Waals surface area contributed by atoms with Gasteiger partial charge in [-0.05, 0) is 24.8 Å². The molecule has 1 aliphatic rings. The zero-order valence-corrected chi connectivity index (χ0v) is 10.0. The number of rotatable bonds is 3. The van der Waals surface area contributed by atoms with Crippen LogP contribution in [0, 0.1) is 5.92 Å². The van der Waals surface area contributed by atoms with Crippen LogP contribution in [0.5, 0.6) is 0 Å². The molecular weight excluding hydrogens is 258 g/mol. The lowest BCUT2D eigenvalue weighted by molar-refractivity contribution is 0.0781. The summed E-state index contributed by atoms with van der Waals surface area (Å²) in [4.78, 5) is 13.8. The summed E-state index contributed by atoms with van der Waals surface area (Å²) in [6, 6.07) is 1.72. The van der Waals surface area contributed by atoms with Crippen LogP contribution in [0.2, 0.25) is 0 Å². The molecule has 1 amide bonds. The maximum absolute atomic E-state index is 11.9. The Morgan fingerprint density at radius 2 is 2.60 bits per heavy atom. The molecule has 0 saturated carbocycles. The van der Waals surface area contributed by atoms with Gasteiger partial charge in [0.2, 0.25) is 0 Å². The van der Waals surface area contributed by atoms with Gasteiger partial charge in [0, 0.05) is 24.6 Å². The highest BCUT2D eigenvalue weighted by atomic mass is 79.9. The molecule has 15 heavy (non-hydrogen) atoms. The standard InChI is InChI=1S/C10H14BrN3O/c11-4-1-8-3-6-14(7-8)10(15)9-2-5-12-13-9/h2,5,8H,1,3-4,6-7H2,(H,12,13). The molecule has 4 nitrogen and oxygen atoms in total. The van der Waals surface area contributed by atoms with Crippen molar-refractivity contribution in [1.82, 2.24) is 15.1 Å². The van der Waals surface area contributed by atoms with E-state index in [4.69, 9.17) is 0 Å². The number of likely N-dealkylation sites (tertiary alicyclic amines) is 1. The van der Waals surface area contributed by atoms with Crippen molar-refractivity contribution < 1.29 is 4.79 Å². The van der Waals surface area contributed by atoms with E-state index in [1.54, 1.807) is 12.3 Å². The van der Waals surface area contributed by atoms with Crippen LogP contribution in [0.3, 0.4) is 0 Å². The summed E-state index contributed by atoms with van der Waals surface area (Å²) >= 11 is 3.44. The molecule has 2 heterocycles. The monoisotopic (exact) mass is 271 g/mol. The molecule has 0 spiro atoms. The van der Waals surface area contributed by atoms with E-state index < -0.39 is 0 Å². The molecule has 1 aromatic heterocycles. The lowest BCUT2D eigenvalue weighted by Gasteiger charge is -2.14. The van der Waals surface area contributed by atoms with Crippen LogP contribution in [0.1, 0.15) is 23.3 Å². The maximum atomic E-state index is 11.9. The van der Waals surface area contributed by atoms with Gasteiger partial charge in [-0.25, -0.2) is 0 Å². The SMILES string of the molecule is O=C(c1ccn[nH]1)N1CCC(CCBr)C1. The van der Waals surface area contributed by atoms with Crippen molar-refractivity contribution in [3.63, 3.8) is 0 Å². The number of H-pyrrole nitrogens is 1. The minimum atomic E-state index is 0.0737. The van der Waals surface area contributed by atoms with Crippen LogP contribution in [-0.4, -0.2) is 39.4 Å². The number of halogens is 1. The van der Waals surface area contributed by atoms with Crippen LogP contribution >= 0.6 is 15.9 Å². The first kappa shape index (κ1) is 10.7. The Labute approximate surface area is 97.2 Å². The molecule has 1 aliphatic heterocycles. The molecule has 1 N–H and O–H groups in total. The highest BCUT2D eigenvalue weighted by Gasteiger charge is 2.26. The third-order valence-corrected chi connectivity index (χ3v) is 3.28. The Balaban J connectivity index is 1.93. The molecular formula is C10H14BrN3O. The molecule has 0 bridgehead atoms. The number of aromatic nitrogens is 2. The number of carbonyl (C=O) groups excluding carboxylic acids is 1. The van der Waals surface area contributed by atoms with E-state index in [9.17, 15) is 4.79 Å². The quantitative estimate of drug-likeness (QED) is 0.851. The first-order valence-electron chi connectivity index (χ1n) is 5.16. The van der Waals surface area contributed by atoms with Crippen LogP contribution in [0.15, 0.2) is 12.3 Å². The van der Waals surface area contributed by atoms with E-state index in [0.717, 1.165) is 31.3 Å². The average Bonchev–Trinajstić information content (AvgIpc) is 2.87. The third kappa shape index (κ3) is 2.40. The van der Waals surface area contributed by atoms with Crippen molar-refractivity contribution in [1.29, 1.82) is 0 Å². The van der Waals surface area contributed by atoms with Crippen molar-refractivity contribution in [2.75, 3.05) is 18.4 Å². The second kappa shape index (κ2) is 4.79. The molecule has 1 fully saturated rings. The Kier molecular flexibility index (Phi) is 3.41. The summed E-state index contributed by atoms with van der Waals surface area (Å²) < 4.78 is 0. The summed E-state index contributed by atoms with van der Waals surface area (Å²) in [5.41, 5.74) is 0.592. The van der Waals surface area contributed by atoms with Gasteiger partial charge in [0.15, 0.2) is 0 Å². The summed E-state index contributed by atoms with van der Waals surface area (Å²) in [6.45, 7) is 1.75. The second-order valence-electron chi connectivity index (χ2n) is 3.85. The molecule has 0 radical (unpaired) electrons. The van der Waals surface area contributed by atoms with E-state index in [0.29, 0.717) is 11.6 Å². The van der Waals surface area contributed by atoms with Gasteiger partial charge >= 0.3 is 0 Å². The predicted molar refractivity (Wildman–Crippen MR) is 61.0 cm³/mol. The first-order valence-corrected chi connectivity index (χ1v) is 6.28. The van der Waals surface area contributed by atoms with Gasteiger partial charge in [-0.2, -0.15) is 5.10 Å². The van der Waals surface area contributed by atoms with Gasteiger partial charge < -0.3 is 4.90 Å². The number of amides is 1. The Morgan fingerprint density at radius 1 is 1.73 bits per heavy atom. The normalized spacial score (nSPS) is 20.9. The number of nitrogens with one attached hydrogen (secondary N) is 1. The van der Waals surface area contributed by atoms with Gasteiger partial charge in [0.05, 0.1) is 0 Å². The van der Waals surface area contributed by atoms with E-state index in [1.165, 1.54) is 0 Å². The molecule has 2 rings (SSSR count). The van der Waals surface area contributed by atoms with Crippen LogP contribution in [0.25, 0.3) is 0 Å². The van der Waals surface area contributed by atoms with Gasteiger partial charge in [0.25, 0.3) is 5.91 Å². The molecule has 1 aromatic rings. The third-order valence-electron chi connectivity index (χ3n) is 2.82. The molecule has 1 unspecified atom stereocenters. The van der Waals surface area contributed by atoms with Crippen LogP contribution < -0.4 is 0 Å². The van der Waals surface area contributed by atoms with Gasteiger partial charge in [-0.3, -0.25) is 9.89 Å². The molecule has 1 saturated heterocycles. The van der Waals surface area contributed by atoms with Crippen molar-refractivity contribution in [2.45, 2.75) is 12.8 Å². The lowest BCUT2D eigenvalue weighted by Crippen LogP contribution is -2.29. The Morgan fingerprint density at radius 3 is 3.27 bits per heavy atom. The maximum Gasteiger partial charge on any atom is 0.271 e. The van der Waals surface area contributed by atoms with Gasteiger partial charge in [0.1, 0.15) is 5.69 Å². The minimum Gasteiger partial charge on any atom is -0.337 e. The van der Waals surface area contributed by atoms with Crippen molar-refractivity contribution in [3.8, 4) is 0 Å². The van der Waals surface area contributed by atoms with Crippen molar-refractivity contribution >= 4 is 21.8 Å². The molecule has 5 heteroatoms. The van der Waals surface area contributed by atoms with Crippen LogP contribution in [-0.2, 0) is 0 Å². The highest BCUT2D eigenvalue weighted by molar-refractivity contribution is 9.09. The zero-order chi connectivity index (χ0) is 10.7. The van der Waals surface area contributed by atoms with E-state index in [1.807, 2.05) is 4.90 Å². The topological polar surface area (TPSA) is 49.0 Å². The number of hydrogen-bond donors (Lipinski definition) is 1. The van der Waals surface area contributed by atoms with E-state index in [-0.39, 0.29) is 5.91 Å². The smallest absolute Gasteiger partial charge is 0.271 e. The fourth-order valence-electron chi connectivity index (χ4n) is 1.95. The summed E-state index contributed by atoms with van der Waals surface area (Å²) in [6.07, 6.45) is 3.87. The summed E-state index contributed by atoms with van der Waals surface area (Å²) in [7, 11) is 0. The zero-order valence-electron chi connectivity index (χ0n) is 8.45. The number of hydrogen-bond acceptors (Lipinski definition) is 2. The predicted octanol–water partition coefficient (Wildman–Crippen LogP) is 1.66. The Bertz CT molecular complexity index is 325. The highest BCUT2D eigenvalue weighted by Crippen LogP contribution is 2.21. The average molecular weight is 272 g/mol. The number of aromatic amines is 1. The van der Waals surface area contributed by atoms with Gasteiger partial charge in [-0.1, -0.05) is 15.9 Å². The van der Waals surface area contributed by atoms with E-state index in [2.05, 4.69) is 26.1 Å². The summed E-state index contributed by atoms with van der Waals surface area (Å²) in [5, 5.41) is 7.52. The molecule has 0 aliphatic carbocycles.